The first kappa shape index (κ1) is 12.9. The standard InChI is InChI=1S/C16H22O3/c1-4-19-15(18)10-5-9-6-13(17)14(10)12-8-16(2,3)7-11(9)12/h9-10,14H,4-8H2,1-3H3/t9-,10+,14-/m1/s1. The number of fused-ring (bicyclic) bond motifs is 2. The van der Waals surface area contributed by atoms with E-state index in [2.05, 4.69) is 13.8 Å². The third kappa shape index (κ3) is 1.94. The van der Waals surface area contributed by atoms with Crippen LogP contribution in [0.25, 0.3) is 0 Å². The lowest BCUT2D eigenvalue weighted by Gasteiger charge is -2.41. The zero-order valence-corrected chi connectivity index (χ0v) is 12.0. The first-order valence-corrected chi connectivity index (χ1v) is 7.34. The lowest BCUT2D eigenvalue weighted by Crippen LogP contribution is -2.43. The van der Waals surface area contributed by atoms with Crippen molar-refractivity contribution in [3.8, 4) is 0 Å². The number of ether oxygens (including phenoxy) is 1. The van der Waals surface area contributed by atoms with Gasteiger partial charge >= 0.3 is 5.97 Å². The molecule has 0 unspecified atom stereocenters. The molecule has 0 aromatic rings. The molecule has 0 spiro atoms. The molecule has 0 saturated heterocycles. The Hall–Kier alpha value is -1.12. The highest BCUT2D eigenvalue weighted by molar-refractivity contribution is 5.92. The minimum atomic E-state index is -0.209. The van der Waals surface area contributed by atoms with Crippen molar-refractivity contribution in [3.63, 3.8) is 0 Å². The molecule has 3 heteroatoms. The quantitative estimate of drug-likeness (QED) is 0.567. The van der Waals surface area contributed by atoms with Crippen molar-refractivity contribution >= 4 is 11.8 Å². The Labute approximate surface area is 114 Å². The number of allylic oxidation sites excluding steroid dienone is 2. The molecule has 0 amide bonds. The summed E-state index contributed by atoms with van der Waals surface area (Å²) in [6.45, 7) is 6.74. The van der Waals surface area contributed by atoms with Crippen LogP contribution in [-0.4, -0.2) is 18.4 Å². The van der Waals surface area contributed by atoms with E-state index >= 15 is 0 Å². The Bertz CT molecular complexity index is 472. The van der Waals surface area contributed by atoms with Crippen molar-refractivity contribution in [2.45, 2.75) is 46.5 Å². The number of Topliss-reactive ketones (excluding diaryl/α,β-unsaturated/α-hetero) is 1. The van der Waals surface area contributed by atoms with Gasteiger partial charge < -0.3 is 4.74 Å². The molecule has 104 valence electrons. The molecule has 0 aromatic carbocycles. The van der Waals surface area contributed by atoms with Gasteiger partial charge in [0.15, 0.2) is 0 Å². The summed E-state index contributed by atoms with van der Waals surface area (Å²) < 4.78 is 5.17. The second-order valence-electron chi connectivity index (χ2n) is 7.01. The molecule has 1 saturated carbocycles. The summed E-state index contributed by atoms with van der Waals surface area (Å²) in [6.07, 6.45) is 3.55. The highest BCUT2D eigenvalue weighted by Gasteiger charge is 2.53. The Morgan fingerprint density at radius 1 is 1.32 bits per heavy atom. The minimum Gasteiger partial charge on any atom is -0.466 e. The van der Waals surface area contributed by atoms with Gasteiger partial charge in [0, 0.05) is 6.42 Å². The van der Waals surface area contributed by atoms with Crippen LogP contribution in [0.3, 0.4) is 0 Å². The number of carbonyl (C=O) groups excluding carboxylic acids is 2. The van der Waals surface area contributed by atoms with Gasteiger partial charge in [-0.25, -0.2) is 0 Å². The van der Waals surface area contributed by atoms with Gasteiger partial charge in [0.1, 0.15) is 5.78 Å². The molecule has 19 heavy (non-hydrogen) atoms. The summed E-state index contributed by atoms with van der Waals surface area (Å²) in [7, 11) is 0. The molecular weight excluding hydrogens is 240 g/mol. The zero-order valence-electron chi connectivity index (χ0n) is 12.0. The molecule has 3 atom stereocenters. The van der Waals surface area contributed by atoms with E-state index in [-0.39, 0.29) is 29.0 Å². The van der Waals surface area contributed by atoms with E-state index in [9.17, 15) is 9.59 Å². The van der Waals surface area contributed by atoms with Crippen LogP contribution in [0.15, 0.2) is 11.1 Å². The van der Waals surface area contributed by atoms with Crippen molar-refractivity contribution < 1.29 is 14.3 Å². The van der Waals surface area contributed by atoms with Crippen LogP contribution < -0.4 is 0 Å². The van der Waals surface area contributed by atoms with Crippen LogP contribution >= 0.6 is 0 Å². The van der Waals surface area contributed by atoms with Gasteiger partial charge in [-0.1, -0.05) is 25.0 Å². The van der Waals surface area contributed by atoms with Gasteiger partial charge in [-0.15, -0.1) is 0 Å². The summed E-state index contributed by atoms with van der Waals surface area (Å²) in [6, 6.07) is 0. The number of hydrogen-bond acceptors (Lipinski definition) is 3. The predicted octanol–water partition coefficient (Wildman–Crippen LogP) is 2.89. The number of esters is 1. The molecule has 4 rings (SSSR count). The second-order valence-corrected chi connectivity index (χ2v) is 7.01. The van der Waals surface area contributed by atoms with Gasteiger partial charge in [-0.2, -0.15) is 0 Å². The smallest absolute Gasteiger partial charge is 0.310 e. The van der Waals surface area contributed by atoms with E-state index in [4.69, 9.17) is 4.74 Å². The summed E-state index contributed by atoms with van der Waals surface area (Å²) in [4.78, 5) is 24.4. The van der Waals surface area contributed by atoms with E-state index in [1.54, 1.807) is 0 Å². The predicted molar refractivity (Wildman–Crippen MR) is 71.4 cm³/mol. The summed E-state index contributed by atoms with van der Waals surface area (Å²) in [5, 5.41) is 0. The van der Waals surface area contributed by atoms with E-state index in [1.165, 1.54) is 11.1 Å². The summed E-state index contributed by atoms with van der Waals surface area (Å²) in [5.74, 6) is 0.0379. The largest absolute Gasteiger partial charge is 0.466 e. The Morgan fingerprint density at radius 2 is 2.00 bits per heavy atom. The number of ketones is 1. The van der Waals surface area contributed by atoms with Gasteiger partial charge in [-0.3, -0.25) is 9.59 Å². The fourth-order valence-electron chi connectivity index (χ4n) is 4.34. The number of rotatable bonds is 2. The molecule has 0 aliphatic heterocycles. The normalized spacial score (nSPS) is 35.5. The third-order valence-corrected chi connectivity index (χ3v) is 4.94. The van der Waals surface area contributed by atoms with Crippen molar-refractivity contribution in [1.29, 1.82) is 0 Å². The van der Waals surface area contributed by atoms with Crippen LogP contribution in [0.1, 0.15) is 46.5 Å². The van der Waals surface area contributed by atoms with Crippen molar-refractivity contribution in [3.05, 3.63) is 11.1 Å². The summed E-state index contributed by atoms with van der Waals surface area (Å²) in [5.41, 5.74) is 3.04. The van der Waals surface area contributed by atoms with Gasteiger partial charge in [0.2, 0.25) is 0 Å². The SMILES string of the molecule is CCOC(=O)[C@H]1C[C@@H]2CC(=O)[C@H]1C1=C2CC(C)(C)C1. The molecule has 1 fully saturated rings. The van der Waals surface area contributed by atoms with Crippen LogP contribution in [0.2, 0.25) is 0 Å². The molecule has 0 radical (unpaired) electrons. The average Bonchev–Trinajstić information content (AvgIpc) is 2.65. The number of hydrogen-bond donors (Lipinski definition) is 0. The Kier molecular flexibility index (Phi) is 2.84. The van der Waals surface area contributed by atoms with E-state index < -0.39 is 0 Å². The molecule has 3 nitrogen and oxygen atoms in total. The highest BCUT2D eigenvalue weighted by Crippen LogP contribution is 2.57. The molecule has 4 aliphatic rings. The average molecular weight is 262 g/mol. The Morgan fingerprint density at radius 3 is 2.68 bits per heavy atom. The van der Waals surface area contributed by atoms with Crippen LogP contribution in [-0.2, 0) is 14.3 Å². The van der Waals surface area contributed by atoms with E-state index in [0.29, 0.717) is 18.9 Å². The minimum absolute atomic E-state index is 0.165. The molecule has 0 heterocycles. The van der Waals surface area contributed by atoms with Crippen LogP contribution in [0.5, 0.6) is 0 Å². The molecule has 0 N–H and O–H groups in total. The van der Waals surface area contributed by atoms with Crippen molar-refractivity contribution in [2.24, 2.45) is 23.2 Å². The fraction of sp³-hybridized carbons (Fsp3) is 0.750. The topological polar surface area (TPSA) is 43.4 Å². The maximum Gasteiger partial charge on any atom is 0.310 e. The molecule has 2 bridgehead atoms. The lowest BCUT2D eigenvalue weighted by atomic mass is 9.62. The monoisotopic (exact) mass is 262 g/mol. The fourth-order valence-corrected chi connectivity index (χ4v) is 4.34. The molecular formula is C16H22O3. The van der Waals surface area contributed by atoms with E-state index in [0.717, 1.165) is 19.3 Å². The lowest BCUT2D eigenvalue weighted by molar-refractivity contribution is -0.154. The molecule has 0 aromatic heterocycles. The first-order valence-electron chi connectivity index (χ1n) is 7.34. The van der Waals surface area contributed by atoms with Crippen LogP contribution in [0, 0.1) is 23.2 Å². The summed E-state index contributed by atoms with van der Waals surface area (Å²) >= 11 is 0. The van der Waals surface area contributed by atoms with Crippen molar-refractivity contribution in [2.75, 3.05) is 6.61 Å². The van der Waals surface area contributed by atoms with Gasteiger partial charge in [0.25, 0.3) is 0 Å². The third-order valence-electron chi connectivity index (χ3n) is 4.94. The van der Waals surface area contributed by atoms with E-state index in [1.807, 2.05) is 6.92 Å². The highest BCUT2D eigenvalue weighted by atomic mass is 16.5. The maximum absolute atomic E-state index is 12.3. The van der Waals surface area contributed by atoms with Crippen molar-refractivity contribution in [1.82, 2.24) is 0 Å². The molecule has 4 aliphatic carbocycles. The second kappa shape index (κ2) is 4.19. The number of carbonyl (C=O) groups is 2. The van der Waals surface area contributed by atoms with Gasteiger partial charge in [-0.05, 0) is 37.5 Å². The first-order chi connectivity index (χ1) is 8.93. The zero-order chi connectivity index (χ0) is 13.8. The van der Waals surface area contributed by atoms with Crippen LogP contribution in [0.4, 0.5) is 0 Å². The van der Waals surface area contributed by atoms with Gasteiger partial charge in [0.05, 0.1) is 18.4 Å². The maximum atomic E-state index is 12.3. The Balaban J connectivity index is 1.93.